The zero-order valence-corrected chi connectivity index (χ0v) is 17.0. The summed E-state index contributed by atoms with van der Waals surface area (Å²) in [6.07, 6.45) is 4.73. The molecule has 2 aliphatic rings. The number of ether oxygens (including phenoxy) is 4. The van der Waals surface area contributed by atoms with Gasteiger partial charge in [-0.15, -0.1) is 0 Å². The van der Waals surface area contributed by atoms with Gasteiger partial charge in [0.2, 0.25) is 11.7 Å². The van der Waals surface area contributed by atoms with Gasteiger partial charge in [0.15, 0.2) is 17.1 Å². The van der Waals surface area contributed by atoms with Gasteiger partial charge < -0.3 is 29.2 Å². The van der Waals surface area contributed by atoms with E-state index >= 15 is 0 Å². The van der Waals surface area contributed by atoms with E-state index < -0.39 is 17.5 Å². The number of nitrogens with one attached hydrogen (secondary N) is 2. The van der Waals surface area contributed by atoms with Crippen LogP contribution in [-0.4, -0.2) is 53.4 Å². The highest BCUT2D eigenvalue weighted by molar-refractivity contribution is 6.26. The number of nitrogens with zero attached hydrogens (tertiary/aromatic N) is 1. The molecule has 0 aliphatic carbocycles. The van der Waals surface area contributed by atoms with Crippen molar-refractivity contribution < 1.29 is 28.5 Å². The lowest BCUT2D eigenvalue weighted by molar-refractivity contribution is -0.140. The van der Waals surface area contributed by atoms with Crippen LogP contribution in [0, 0.1) is 0 Å². The normalized spacial score (nSPS) is 22.0. The zero-order valence-electron chi connectivity index (χ0n) is 17.0. The van der Waals surface area contributed by atoms with E-state index in [9.17, 15) is 9.59 Å². The summed E-state index contributed by atoms with van der Waals surface area (Å²) in [4.78, 5) is 32.6. The molecular weight excluding hydrogens is 390 g/mol. The Bertz CT molecular complexity index is 1050. The number of rotatable bonds is 6. The van der Waals surface area contributed by atoms with Gasteiger partial charge in [0.25, 0.3) is 0 Å². The number of fused-ring (bicyclic) bond motifs is 1. The number of aromatic nitrogens is 2. The second-order valence-corrected chi connectivity index (χ2v) is 7.34. The molecule has 0 saturated carbocycles. The molecule has 9 heteroatoms. The first-order chi connectivity index (χ1) is 14.4. The SMILES string of the molecule is CCOC(=O)C1=C(NCC2COC(C)(C)O2)OC(=Cc2c[nH]c3ncccc23)C1=O. The van der Waals surface area contributed by atoms with Crippen molar-refractivity contribution in [3.63, 3.8) is 0 Å². The van der Waals surface area contributed by atoms with Crippen molar-refractivity contribution in [3.05, 3.63) is 47.3 Å². The van der Waals surface area contributed by atoms with Crippen molar-refractivity contribution in [2.24, 2.45) is 0 Å². The molecule has 2 aromatic rings. The van der Waals surface area contributed by atoms with Crippen LogP contribution in [0.5, 0.6) is 0 Å². The molecule has 0 spiro atoms. The Kier molecular flexibility index (Phi) is 5.31. The zero-order chi connectivity index (χ0) is 21.3. The summed E-state index contributed by atoms with van der Waals surface area (Å²) in [6.45, 7) is 6.16. The number of aromatic amines is 1. The Hall–Kier alpha value is -3.17. The van der Waals surface area contributed by atoms with Crippen molar-refractivity contribution in [1.29, 1.82) is 0 Å². The lowest BCUT2D eigenvalue weighted by atomic mass is 10.1. The lowest BCUT2D eigenvalue weighted by Gasteiger charge is -2.17. The molecule has 158 valence electrons. The van der Waals surface area contributed by atoms with Gasteiger partial charge in [-0.2, -0.15) is 0 Å². The second-order valence-electron chi connectivity index (χ2n) is 7.34. The number of Topliss-reactive ketones (excluding diaryl/α,β-unsaturated/α-hetero) is 1. The number of allylic oxidation sites excluding steroid dienone is 1. The summed E-state index contributed by atoms with van der Waals surface area (Å²) in [6, 6.07) is 3.68. The Morgan fingerprint density at radius 2 is 2.30 bits per heavy atom. The molecule has 2 N–H and O–H groups in total. The molecule has 0 amide bonds. The summed E-state index contributed by atoms with van der Waals surface area (Å²) in [5.41, 5.74) is 1.24. The minimum atomic E-state index is -0.738. The van der Waals surface area contributed by atoms with Crippen LogP contribution in [0.3, 0.4) is 0 Å². The minimum Gasteiger partial charge on any atom is -0.462 e. The fourth-order valence-corrected chi connectivity index (χ4v) is 3.35. The largest absolute Gasteiger partial charge is 0.462 e. The molecule has 0 radical (unpaired) electrons. The highest BCUT2D eigenvalue weighted by atomic mass is 16.7. The van der Waals surface area contributed by atoms with Gasteiger partial charge in [-0.25, -0.2) is 9.78 Å². The topological polar surface area (TPSA) is 112 Å². The van der Waals surface area contributed by atoms with E-state index in [1.807, 2.05) is 19.9 Å². The predicted molar refractivity (Wildman–Crippen MR) is 107 cm³/mol. The van der Waals surface area contributed by atoms with Gasteiger partial charge in [0.1, 0.15) is 11.8 Å². The van der Waals surface area contributed by atoms with Gasteiger partial charge in [0.05, 0.1) is 13.2 Å². The average molecular weight is 413 g/mol. The number of hydrogen-bond acceptors (Lipinski definition) is 8. The van der Waals surface area contributed by atoms with Crippen LogP contribution in [-0.2, 0) is 28.5 Å². The van der Waals surface area contributed by atoms with Crippen molar-refractivity contribution in [1.82, 2.24) is 15.3 Å². The quantitative estimate of drug-likeness (QED) is 0.420. The van der Waals surface area contributed by atoms with Crippen LogP contribution in [0.2, 0.25) is 0 Å². The van der Waals surface area contributed by atoms with Crippen LogP contribution in [0.15, 0.2) is 41.7 Å². The number of esters is 1. The molecule has 30 heavy (non-hydrogen) atoms. The van der Waals surface area contributed by atoms with Crippen LogP contribution in [0.25, 0.3) is 17.1 Å². The first-order valence-corrected chi connectivity index (χ1v) is 9.71. The first-order valence-electron chi connectivity index (χ1n) is 9.71. The smallest absolute Gasteiger partial charge is 0.347 e. The summed E-state index contributed by atoms with van der Waals surface area (Å²) in [5, 5.41) is 3.83. The fraction of sp³-hybridized carbons (Fsp3) is 0.381. The van der Waals surface area contributed by atoms with E-state index in [2.05, 4.69) is 15.3 Å². The van der Waals surface area contributed by atoms with Crippen LogP contribution in [0.4, 0.5) is 0 Å². The van der Waals surface area contributed by atoms with Gasteiger partial charge >= 0.3 is 5.97 Å². The van der Waals surface area contributed by atoms with Crippen molar-refractivity contribution in [2.45, 2.75) is 32.7 Å². The minimum absolute atomic E-state index is 0.0224. The Balaban J connectivity index is 1.57. The van der Waals surface area contributed by atoms with E-state index in [0.717, 1.165) is 10.9 Å². The number of pyridine rings is 1. The van der Waals surface area contributed by atoms with E-state index in [1.165, 1.54) is 0 Å². The first kappa shape index (κ1) is 20.1. The van der Waals surface area contributed by atoms with E-state index in [4.69, 9.17) is 18.9 Å². The third-order valence-electron chi connectivity index (χ3n) is 4.70. The maximum absolute atomic E-state index is 12.9. The van der Waals surface area contributed by atoms with Crippen LogP contribution in [0.1, 0.15) is 26.3 Å². The molecule has 1 unspecified atom stereocenters. The molecule has 2 aliphatic heterocycles. The number of carbonyl (C=O) groups is 2. The maximum Gasteiger partial charge on any atom is 0.347 e. The molecule has 0 bridgehead atoms. The number of ketones is 1. The molecule has 2 aromatic heterocycles. The molecule has 1 fully saturated rings. The molecule has 1 saturated heterocycles. The number of carbonyl (C=O) groups excluding carboxylic acids is 2. The molecule has 4 heterocycles. The predicted octanol–water partition coefficient (Wildman–Crippen LogP) is 2.02. The van der Waals surface area contributed by atoms with E-state index in [-0.39, 0.29) is 29.9 Å². The molecular formula is C21H23N3O6. The summed E-state index contributed by atoms with van der Waals surface area (Å²) >= 11 is 0. The number of hydrogen-bond donors (Lipinski definition) is 2. The third-order valence-corrected chi connectivity index (χ3v) is 4.70. The Labute approximate surface area is 173 Å². The summed E-state index contributed by atoms with van der Waals surface area (Å²) in [7, 11) is 0. The van der Waals surface area contributed by atoms with E-state index in [0.29, 0.717) is 18.8 Å². The van der Waals surface area contributed by atoms with Gasteiger partial charge in [-0.05, 0) is 39.0 Å². The fourth-order valence-electron chi connectivity index (χ4n) is 3.35. The molecule has 4 rings (SSSR count). The summed E-state index contributed by atoms with van der Waals surface area (Å²) < 4.78 is 22.1. The van der Waals surface area contributed by atoms with Crippen LogP contribution >= 0.6 is 0 Å². The second kappa shape index (κ2) is 7.92. The maximum atomic E-state index is 12.9. The van der Waals surface area contributed by atoms with Crippen LogP contribution < -0.4 is 5.32 Å². The summed E-state index contributed by atoms with van der Waals surface area (Å²) in [5.74, 6) is -1.88. The molecule has 9 nitrogen and oxygen atoms in total. The lowest BCUT2D eigenvalue weighted by Crippen LogP contribution is -2.31. The highest BCUT2D eigenvalue weighted by Crippen LogP contribution is 2.29. The average Bonchev–Trinajstić information content (AvgIpc) is 3.37. The van der Waals surface area contributed by atoms with Gasteiger partial charge in [0, 0.05) is 29.9 Å². The molecule has 1 atom stereocenters. The monoisotopic (exact) mass is 413 g/mol. The Morgan fingerprint density at radius 3 is 3.03 bits per heavy atom. The highest BCUT2D eigenvalue weighted by Gasteiger charge is 2.38. The van der Waals surface area contributed by atoms with E-state index in [1.54, 1.807) is 31.5 Å². The van der Waals surface area contributed by atoms with Gasteiger partial charge in [-0.3, -0.25) is 4.79 Å². The molecule has 0 aromatic carbocycles. The van der Waals surface area contributed by atoms with Crippen molar-refractivity contribution >= 4 is 28.9 Å². The standard InChI is InChI=1S/C21H23N3O6/c1-4-27-20(26)16-17(25)15(8-12-9-23-18-14(12)6-5-7-22-18)29-19(16)24-10-13-11-28-21(2,3)30-13/h5-9,13,24H,4,10-11H2,1-3H3,(H,22,23). The third kappa shape index (κ3) is 3.94. The Morgan fingerprint density at radius 1 is 1.47 bits per heavy atom. The van der Waals surface area contributed by atoms with Crippen molar-refractivity contribution in [2.75, 3.05) is 19.8 Å². The van der Waals surface area contributed by atoms with Crippen molar-refractivity contribution in [3.8, 4) is 0 Å². The van der Waals surface area contributed by atoms with Gasteiger partial charge in [-0.1, -0.05) is 0 Å². The number of H-pyrrole nitrogens is 1.